The van der Waals surface area contributed by atoms with Gasteiger partial charge in [-0.25, -0.2) is 4.98 Å². The molecule has 0 bridgehead atoms. The van der Waals surface area contributed by atoms with Crippen molar-refractivity contribution < 1.29 is 4.79 Å². The molecule has 7 heteroatoms. The highest BCUT2D eigenvalue weighted by atomic mass is 32.1. The zero-order valence-electron chi connectivity index (χ0n) is 12.9. The van der Waals surface area contributed by atoms with Crippen molar-refractivity contribution in [1.29, 1.82) is 0 Å². The minimum Gasteiger partial charge on any atom is -0.345 e. The van der Waals surface area contributed by atoms with E-state index < -0.39 is 0 Å². The minimum atomic E-state index is -0.202. The molecule has 24 heavy (non-hydrogen) atoms. The molecule has 1 N–H and O–H groups in total. The number of para-hydroxylation sites is 1. The number of aromatic amines is 1. The molecule has 6 nitrogen and oxygen atoms in total. The van der Waals surface area contributed by atoms with E-state index in [4.69, 9.17) is 0 Å². The highest BCUT2D eigenvalue weighted by Crippen LogP contribution is 2.29. The maximum atomic E-state index is 12.5. The van der Waals surface area contributed by atoms with E-state index in [0.29, 0.717) is 18.7 Å². The lowest BCUT2D eigenvalue weighted by atomic mass is 10.2. The number of rotatable bonds is 2. The van der Waals surface area contributed by atoms with Crippen LogP contribution < -0.4 is 10.5 Å². The second-order valence-electron chi connectivity index (χ2n) is 5.69. The largest absolute Gasteiger partial charge is 0.345 e. The zero-order valence-corrected chi connectivity index (χ0v) is 13.8. The summed E-state index contributed by atoms with van der Waals surface area (Å²) in [7, 11) is 0. The molecule has 0 spiro atoms. The molecule has 3 aromatic rings. The first-order chi connectivity index (χ1) is 11.7. The van der Waals surface area contributed by atoms with Crippen molar-refractivity contribution >= 4 is 32.6 Å². The number of fused-ring (bicyclic) bond motifs is 1. The molecule has 0 atom stereocenters. The molecular formula is C17H16N4O2S. The van der Waals surface area contributed by atoms with E-state index in [1.54, 1.807) is 17.4 Å². The number of thiazole rings is 1. The van der Waals surface area contributed by atoms with E-state index in [9.17, 15) is 9.59 Å². The van der Waals surface area contributed by atoms with Crippen LogP contribution in [0.5, 0.6) is 0 Å². The molecule has 1 aromatic carbocycles. The fourth-order valence-electron chi connectivity index (χ4n) is 2.82. The second kappa shape index (κ2) is 6.09. The van der Waals surface area contributed by atoms with Gasteiger partial charge in [0.2, 0.25) is 5.56 Å². The molecular weight excluding hydrogens is 324 g/mol. The summed E-state index contributed by atoms with van der Waals surface area (Å²) in [6.45, 7) is 2.81. The van der Waals surface area contributed by atoms with Crippen LogP contribution in [0.2, 0.25) is 0 Å². The SMILES string of the molecule is O=C(c1ccc(=O)[nH]c1)N1CCN(c2nc3ccccc3s2)CC1. The number of carbonyl (C=O) groups excluding carboxylic acids is 1. The number of carbonyl (C=O) groups is 1. The number of nitrogens with zero attached hydrogens (tertiary/aromatic N) is 3. The summed E-state index contributed by atoms with van der Waals surface area (Å²) in [6.07, 6.45) is 1.48. The van der Waals surface area contributed by atoms with Gasteiger partial charge >= 0.3 is 0 Å². The normalized spacial score (nSPS) is 15.0. The molecule has 1 aliphatic rings. The molecule has 1 amide bonds. The third-order valence-corrected chi connectivity index (χ3v) is 5.25. The maximum Gasteiger partial charge on any atom is 0.255 e. The summed E-state index contributed by atoms with van der Waals surface area (Å²) < 4.78 is 1.18. The fraction of sp³-hybridized carbons (Fsp3) is 0.235. The van der Waals surface area contributed by atoms with Crippen LogP contribution >= 0.6 is 11.3 Å². The number of pyridine rings is 1. The van der Waals surface area contributed by atoms with Crippen molar-refractivity contribution in [3.05, 3.63) is 58.5 Å². The molecule has 122 valence electrons. The van der Waals surface area contributed by atoms with Crippen molar-refractivity contribution in [3.63, 3.8) is 0 Å². The van der Waals surface area contributed by atoms with Crippen LogP contribution in [0.1, 0.15) is 10.4 Å². The first kappa shape index (κ1) is 14.9. The molecule has 2 aromatic heterocycles. The quantitative estimate of drug-likeness (QED) is 0.774. The zero-order chi connectivity index (χ0) is 16.5. The molecule has 0 radical (unpaired) electrons. The van der Waals surface area contributed by atoms with Crippen LogP contribution in [-0.4, -0.2) is 47.0 Å². The summed E-state index contributed by atoms with van der Waals surface area (Å²) in [6, 6.07) is 11.1. The van der Waals surface area contributed by atoms with Crippen molar-refractivity contribution in [2.24, 2.45) is 0 Å². The smallest absolute Gasteiger partial charge is 0.255 e. The van der Waals surface area contributed by atoms with Crippen LogP contribution in [0, 0.1) is 0 Å². The summed E-state index contributed by atoms with van der Waals surface area (Å²) in [4.78, 5) is 34.8. The minimum absolute atomic E-state index is 0.0461. The molecule has 1 fully saturated rings. The van der Waals surface area contributed by atoms with E-state index in [0.717, 1.165) is 23.7 Å². The van der Waals surface area contributed by atoms with Gasteiger partial charge < -0.3 is 14.8 Å². The van der Waals surface area contributed by atoms with Gasteiger partial charge in [0.25, 0.3) is 5.91 Å². The molecule has 0 aliphatic carbocycles. The number of benzene rings is 1. The topological polar surface area (TPSA) is 69.3 Å². The highest BCUT2D eigenvalue weighted by molar-refractivity contribution is 7.22. The first-order valence-electron chi connectivity index (χ1n) is 7.79. The maximum absolute atomic E-state index is 12.5. The Morgan fingerprint density at radius 1 is 1.08 bits per heavy atom. The van der Waals surface area contributed by atoms with E-state index in [-0.39, 0.29) is 11.5 Å². The number of amides is 1. The van der Waals surface area contributed by atoms with Crippen LogP contribution in [0.3, 0.4) is 0 Å². The predicted octanol–water partition coefficient (Wildman–Crippen LogP) is 1.95. The van der Waals surface area contributed by atoms with Crippen molar-refractivity contribution in [3.8, 4) is 0 Å². The van der Waals surface area contributed by atoms with Gasteiger partial charge in [0.05, 0.1) is 15.8 Å². The Bertz CT molecular complexity index is 887. The van der Waals surface area contributed by atoms with Gasteiger partial charge in [-0.15, -0.1) is 0 Å². The summed E-state index contributed by atoms with van der Waals surface area (Å²) in [5.41, 5.74) is 1.33. The first-order valence-corrected chi connectivity index (χ1v) is 8.61. The Balaban J connectivity index is 1.45. The lowest BCUT2D eigenvalue weighted by Gasteiger charge is -2.34. The molecule has 1 saturated heterocycles. The Morgan fingerprint density at radius 2 is 1.88 bits per heavy atom. The number of aromatic nitrogens is 2. The van der Waals surface area contributed by atoms with Gasteiger partial charge in [0.1, 0.15) is 0 Å². The molecule has 0 unspecified atom stereocenters. The highest BCUT2D eigenvalue weighted by Gasteiger charge is 2.23. The van der Waals surface area contributed by atoms with Crippen LogP contribution in [0.4, 0.5) is 5.13 Å². The van der Waals surface area contributed by atoms with E-state index in [1.807, 2.05) is 23.1 Å². The standard InChI is InChI=1S/C17H16N4O2S/c22-15-6-5-12(11-18-15)16(23)20-7-9-21(10-8-20)17-19-13-3-1-2-4-14(13)24-17/h1-6,11H,7-10H2,(H,18,22). The lowest BCUT2D eigenvalue weighted by Crippen LogP contribution is -2.48. The average molecular weight is 340 g/mol. The molecule has 1 aliphatic heterocycles. The van der Waals surface area contributed by atoms with E-state index in [1.165, 1.54) is 17.0 Å². The fourth-order valence-corrected chi connectivity index (χ4v) is 3.84. The van der Waals surface area contributed by atoms with Crippen molar-refractivity contribution in [2.45, 2.75) is 0 Å². The third-order valence-electron chi connectivity index (χ3n) is 4.15. The molecule has 0 saturated carbocycles. The lowest BCUT2D eigenvalue weighted by molar-refractivity contribution is 0.0746. The van der Waals surface area contributed by atoms with Crippen LogP contribution in [0.15, 0.2) is 47.4 Å². The number of nitrogens with one attached hydrogen (secondary N) is 1. The van der Waals surface area contributed by atoms with Gasteiger partial charge in [-0.2, -0.15) is 0 Å². The second-order valence-corrected chi connectivity index (χ2v) is 6.69. The average Bonchev–Trinajstić information content (AvgIpc) is 3.06. The monoisotopic (exact) mass is 340 g/mol. The van der Waals surface area contributed by atoms with Gasteiger partial charge in [-0.3, -0.25) is 9.59 Å². The number of piperazine rings is 1. The summed E-state index contributed by atoms with van der Waals surface area (Å²) >= 11 is 1.68. The van der Waals surface area contributed by atoms with Crippen molar-refractivity contribution in [1.82, 2.24) is 14.9 Å². The number of H-pyrrole nitrogens is 1. The molecule has 4 rings (SSSR count). The van der Waals surface area contributed by atoms with E-state index in [2.05, 4.69) is 20.9 Å². The third kappa shape index (κ3) is 2.78. The number of anilines is 1. The number of hydrogen-bond donors (Lipinski definition) is 1. The Morgan fingerprint density at radius 3 is 2.58 bits per heavy atom. The van der Waals surface area contributed by atoms with E-state index >= 15 is 0 Å². The van der Waals surface area contributed by atoms with Gasteiger partial charge in [0.15, 0.2) is 5.13 Å². The number of hydrogen-bond acceptors (Lipinski definition) is 5. The summed E-state index contributed by atoms with van der Waals surface area (Å²) in [5, 5.41) is 1.01. The van der Waals surface area contributed by atoms with Crippen LogP contribution in [-0.2, 0) is 0 Å². The van der Waals surface area contributed by atoms with Gasteiger partial charge in [-0.1, -0.05) is 23.5 Å². The Labute approximate surface area is 142 Å². The van der Waals surface area contributed by atoms with Gasteiger partial charge in [-0.05, 0) is 18.2 Å². The van der Waals surface area contributed by atoms with Crippen LogP contribution in [0.25, 0.3) is 10.2 Å². The Kier molecular flexibility index (Phi) is 3.78. The van der Waals surface area contributed by atoms with Crippen molar-refractivity contribution in [2.75, 3.05) is 31.1 Å². The molecule has 3 heterocycles. The Hall–Kier alpha value is -2.67. The van der Waals surface area contributed by atoms with Gasteiger partial charge in [0, 0.05) is 38.4 Å². The summed E-state index contributed by atoms with van der Waals surface area (Å²) in [5.74, 6) is -0.0461. The predicted molar refractivity (Wildman–Crippen MR) is 94.8 cm³/mol.